The van der Waals surface area contributed by atoms with Gasteiger partial charge in [-0.1, -0.05) is 60.7 Å². The highest BCUT2D eigenvalue weighted by molar-refractivity contribution is 5.79. The average Bonchev–Trinajstić information content (AvgIpc) is 3.01. The van der Waals surface area contributed by atoms with E-state index < -0.39 is 11.2 Å². The molecule has 0 saturated heterocycles. The van der Waals surface area contributed by atoms with Gasteiger partial charge in [0, 0.05) is 18.8 Å². The van der Waals surface area contributed by atoms with Crippen LogP contribution in [0.15, 0.2) is 124 Å². The van der Waals surface area contributed by atoms with Crippen molar-refractivity contribution in [2.24, 2.45) is 0 Å². The van der Waals surface area contributed by atoms with E-state index in [9.17, 15) is 19.2 Å². The van der Waals surface area contributed by atoms with Crippen LogP contribution in [0.3, 0.4) is 0 Å². The highest BCUT2D eigenvalue weighted by Gasteiger charge is 2.16. The molecule has 208 valence electrons. The Bertz CT molecular complexity index is 2100. The summed E-state index contributed by atoms with van der Waals surface area (Å²) in [5.41, 5.74) is 2.32. The lowest BCUT2D eigenvalue weighted by atomic mass is 10.1. The maximum atomic E-state index is 13.8. The van der Waals surface area contributed by atoms with Gasteiger partial charge in [0.2, 0.25) is 5.91 Å². The van der Waals surface area contributed by atoms with Crippen LogP contribution in [0.4, 0.5) is 0 Å². The van der Waals surface area contributed by atoms with Crippen molar-refractivity contribution in [3.8, 4) is 5.69 Å². The number of nitrogens with zero attached hydrogens (tertiary/aromatic N) is 4. The minimum atomic E-state index is -0.555. The van der Waals surface area contributed by atoms with Crippen LogP contribution >= 0.6 is 0 Å². The number of nitrogens with one attached hydrogen (secondary N) is 1. The van der Waals surface area contributed by atoms with E-state index >= 15 is 0 Å². The van der Waals surface area contributed by atoms with E-state index in [4.69, 9.17) is 0 Å². The highest BCUT2D eigenvalue weighted by atomic mass is 16.2. The molecule has 0 spiro atoms. The molecule has 0 fully saturated rings. The summed E-state index contributed by atoms with van der Waals surface area (Å²) in [5, 5.41) is 3.29. The molecule has 0 bridgehead atoms. The summed E-state index contributed by atoms with van der Waals surface area (Å²) in [4.78, 5) is 57.0. The van der Waals surface area contributed by atoms with Gasteiger partial charge in [0.05, 0.1) is 35.2 Å². The topological polar surface area (TPSA) is 107 Å². The fourth-order valence-corrected chi connectivity index (χ4v) is 5.05. The second-order valence-corrected chi connectivity index (χ2v) is 9.97. The predicted octanol–water partition coefficient (Wildman–Crippen LogP) is 3.11. The van der Waals surface area contributed by atoms with Crippen molar-refractivity contribution in [2.75, 3.05) is 6.54 Å². The van der Waals surface area contributed by atoms with Gasteiger partial charge in [0.25, 0.3) is 11.1 Å². The average molecular weight is 558 g/mol. The van der Waals surface area contributed by atoms with Crippen LogP contribution in [-0.2, 0) is 24.2 Å². The van der Waals surface area contributed by atoms with E-state index in [2.05, 4.69) is 10.3 Å². The third kappa shape index (κ3) is 5.40. The van der Waals surface area contributed by atoms with Gasteiger partial charge in [-0.25, -0.2) is 14.3 Å². The summed E-state index contributed by atoms with van der Waals surface area (Å²) in [6.45, 7) is 0.535. The van der Waals surface area contributed by atoms with Crippen molar-refractivity contribution in [3.63, 3.8) is 0 Å². The Balaban J connectivity index is 1.28. The summed E-state index contributed by atoms with van der Waals surface area (Å²) in [7, 11) is 0. The van der Waals surface area contributed by atoms with Crippen LogP contribution in [0.5, 0.6) is 0 Å². The van der Waals surface area contributed by atoms with Crippen LogP contribution in [-0.4, -0.2) is 31.0 Å². The first-order valence-corrected chi connectivity index (χ1v) is 13.6. The molecule has 6 rings (SSSR count). The van der Waals surface area contributed by atoms with Gasteiger partial charge in [-0.3, -0.25) is 23.4 Å². The van der Waals surface area contributed by atoms with Gasteiger partial charge < -0.3 is 5.32 Å². The Labute approximate surface area is 240 Å². The monoisotopic (exact) mass is 557 g/mol. The number of para-hydroxylation sites is 1. The molecule has 9 nitrogen and oxygen atoms in total. The lowest BCUT2D eigenvalue weighted by molar-refractivity contribution is -0.120. The number of pyridine rings is 1. The molecular formula is C33H27N5O4. The van der Waals surface area contributed by atoms with E-state index in [0.29, 0.717) is 34.5 Å². The molecule has 3 aromatic carbocycles. The SMILES string of the molecule is O=C(Cc1ccc(-n2c(=O)c3ccccc3n(Cc3cc(=O)n4ccccc4n3)c2=O)cc1)NCCc1ccccc1. The Morgan fingerprint density at radius 3 is 2.33 bits per heavy atom. The number of carbonyl (C=O) groups excluding carboxylic acids is 1. The van der Waals surface area contributed by atoms with Crippen LogP contribution in [0, 0.1) is 0 Å². The van der Waals surface area contributed by atoms with Gasteiger partial charge in [0.1, 0.15) is 5.65 Å². The van der Waals surface area contributed by atoms with Crippen molar-refractivity contribution in [1.82, 2.24) is 23.8 Å². The van der Waals surface area contributed by atoms with Crippen molar-refractivity contribution >= 4 is 22.5 Å². The van der Waals surface area contributed by atoms with Gasteiger partial charge >= 0.3 is 5.69 Å². The first-order chi connectivity index (χ1) is 20.5. The van der Waals surface area contributed by atoms with E-state index in [1.165, 1.54) is 15.0 Å². The van der Waals surface area contributed by atoms with Crippen molar-refractivity contribution < 1.29 is 4.79 Å². The molecule has 0 atom stereocenters. The van der Waals surface area contributed by atoms with Crippen molar-refractivity contribution in [1.29, 1.82) is 0 Å². The predicted molar refractivity (Wildman–Crippen MR) is 161 cm³/mol. The van der Waals surface area contributed by atoms with Gasteiger partial charge in [-0.05, 0) is 53.9 Å². The van der Waals surface area contributed by atoms with Crippen LogP contribution in [0.25, 0.3) is 22.2 Å². The number of hydrogen-bond donors (Lipinski definition) is 1. The first-order valence-electron chi connectivity index (χ1n) is 13.6. The first kappa shape index (κ1) is 26.6. The number of amides is 1. The van der Waals surface area contributed by atoms with Crippen LogP contribution in [0.1, 0.15) is 16.8 Å². The zero-order valence-corrected chi connectivity index (χ0v) is 22.6. The molecule has 0 radical (unpaired) electrons. The number of aromatic nitrogens is 4. The van der Waals surface area contributed by atoms with Crippen molar-refractivity contribution in [3.05, 3.63) is 157 Å². The maximum absolute atomic E-state index is 13.8. The molecule has 6 aromatic rings. The summed E-state index contributed by atoms with van der Waals surface area (Å²) >= 11 is 0. The standard InChI is InChI=1S/C33H27N5O4/c39-30(34-18-17-23-8-2-1-3-9-23)20-24-13-15-26(16-14-24)38-32(41)27-10-4-5-11-28(27)37(33(38)42)22-25-21-31(40)36-19-7-6-12-29(36)35-25/h1-16,19,21H,17-18,20,22H2,(H,34,39). The van der Waals surface area contributed by atoms with Gasteiger partial charge in [-0.2, -0.15) is 0 Å². The van der Waals surface area contributed by atoms with E-state index in [-0.39, 0.29) is 24.4 Å². The van der Waals surface area contributed by atoms with Crippen LogP contribution < -0.4 is 22.1 Å². The Morgan fingerprint density at radius 2 is 1.52 bits per heavy atom. The highest BCUT2D eigenvalue weighted by Crippen LogP contribution is 2.13. The Hall–Kier alpha value is -5.57. The fourth-order valence-electron chi connectivity index (χ4n) is 5.05. The number of rotatable bonds is 8. The van der Waals surface area contributed by atoms with Crippen LogP contribution in [0.2, 0.25) is 0 Å². The second kappa shape index (κ2) is 11.5. The number of benzene rings is 3. The quantitative estimate of drug-likeness (QED) is 0.310. The Morgan fingerprint density at radius 1 is 0.786 bits per heavy atom. The fraction of sp³-hybridized carbons (Fsp3) is 0.121. The van der Waals surface area contributed by atoms with E-state index in [0.717, 1.165) is 22.1 Å². The summed E-state index contributed by atoms with van der Waals surface area (Å²) < 4.78 is 3.99. The molecule has 1 N–H and O–H groups in total. The number of carbonyl (C=O) groups is 1. The summed E-state index contributed by atoms with van der Waals surface area (Å²) in [5.74, 6) is -0.109. The maximum Gasteiger partial charge on any atom is 0.336 e. The minimum Gasteiger partial charge on any atom is -0.355 e. The zero-order chi connectivity index (χ0) is 29.1. The molecular weight excluding hydrogens is 530 g/mol. The third-order valence-corrected chi connectivity index (χ3v) is 7.13. The largest absolute Gasteiger partial charge is 0.355 e. The molecule has 3 heterocycles. The molecule has 0 aliphatic rings. The zero-order valence-electron chi connectivity index (χ0n) is 22.6. The molecule has 3 aromatic heterocycles. The molecule has 0 unspecified atom stereocenters. The Kier molecular flexibility index (Phi) is 7.30. The number of hydrogen-bond acceptors (Lipinski definition) is 5. The second-order valence-electron chi connectivity index (χ2n) is 9.97. The van der Waals surface area contributed by atoms with E-state index in [1.807, 2.05) is 30.3 Å². The van der Waals surface area contributed by atoms with Gasteiger partial charge in [0.15, 0.2) is 0 Å². The van der Waals surface area contributed by atoms with Crippen molar-refractivity contribution in [2.45, 2.75) is 19.4 Å². The molecule has 0 aliphatic heterocycles. The normalized spacial score (nSPS) is 11.1. The molecule has 1 amide bonds. The smallest absolute Gasteiger partial charge is 0.336 e. The summed E-state index contributed by atoms with van der Waals surface area (Å²) in [6, 6.07) is 30.2. The van der Waals surface area contributed by atoms with E-state index in [1.54, 1.807) is 72.9 Å². The molecule has 0 aliphatic carbocycles. The lowest BCUT2D eigenvalue weighted by Gasteiger charge is -2.14. The molecule has 0 saturated carbocycles. The summed E-state index contributed by atoms with van der Waals surface area (Å²) in [6.07, 6.45) is 2.55. The minimum absolute atomic E-state index is 0.00149. The van der Waals surface area contributed by atoms with Gasteiger partial charge in [-0.15, -0.1) is 0 Å². The lowest BCUT2D eigenvalue weighted by Crippen LogP contribution is -2.39. The molecule has 9 heteroatoms. The third-order valence-electron chi connectivity index (χ3n) is 7.13. The molecule has 42 heavy (non-hydrogen) atoms. The number of fused-ring (bicyclic) bond motifs is 2.